The Kier molecular flexibility index (Phi) is 5.53. The molecule has 1 fully saturated rings. The summed E-state index contributed by atoms with van der Waals surface area (Å²) in [5.74, 6) is 0.482. The molecule has 0 aromatic heterocycles. The molecule has 0 atom stereocenters. The van der Waals surface area contributed by atoms with Gasteiger partial charge in [0.25, 0.3) is 0 Å². The molecule has 1 aliphatic heterocycles. The van der Waals surface area contributed by atoms with E-state index in [1.807, 2.05) is 6.08 Å². The second-order valence-electron chi connectivity index (χ2n) is 4.73. The van der Waals surface area contributed by atoms with Crippen molar-refractivity contribution in [3.63, 3.8) is 0 Å². The zero-order valence-corrected chi connectivity index (χ0v) is 10.6. The van der Waals surface area contributed by atoms with Gasteiger partial charge in [0.05, 0.1) is 7.11 Å². The van der Waals surface area contributed by atoms with Crippen molar-refractivity contribution in [3.05, 3.63) is 12.2 Å². The van der Waals surface area contributed by atoms with E-state index in [2.05, 4.69) is 23.5 Å². The molecule has 0 amide bonds. The van der Waals surface area contributed by atoms with Crippen LogP contribution >= 0.6 is 0 Å². The first-order chi connectivity index (χ1) is 7.63. The number of methoxy groups -OCH3 is 1. The average Bonchev–Trinajstić information content (AvgIpc) is 2.29. The number of rotatable bonds is 4. The second kappa shape index (κ2) is 6.69. The molecule has 3 heteroatoms. The minimum absolute atomic E-state index is 0.250. The Bertz CT molecular complexity index is 240. The normalized spacial score (nSPS) is 19.5. The van der Waals surface area contributed by atoms with E-state index in [0.717, 1.165) is 12.3 Å². The van der Waals surface area contributed by atoms with Crippen LogP contribution in [0.4, 0.5) is 0 Å². The monoisotopic (exact) mass is 225 g/mol. The van der Waals surface area contributed by atoms with Gasteiger partial charge < -0.3 is 9.64 Å². The van der Waals surface area contributed by atoms with Crippen LogP contribution < -0.4 is 0 Å². The maximum absolute atomic E-state index is 10.9. The van der Waals surface area contributed by atoms with Gasteiger partial charge in [0.1, 0.15) is 0 Å². The largest absolute Gasteiger partial charge is 0.466 e. The topological polar surface area (TPSA) is 29.5 Å². The van der Waals surface area contributed by atoms with Crippen molar-refractivity contribution in [2.75, 3.05) is 20.2 Å². The fourth-order valence-electron chi connectivity index (χ4n) is 2.13. The number of hydrogen-bond donors (Lipinski definition) is 0. The van der Waals surface area contributed by atoms with Crippen LogP contribution in [0.1, 0.15) is 33.1 Å². The summed E-state index contributed by atoms with van der Waals surface area (Å²) >= 11 is 0. The van der Waals surface area contributed by atoms with Gasteiger partial charge in [-0.15, -0.1) is 0 Å². The highest BCUT2D eigenvalue weighted by atomic mass is 16.5. The number of ether oxygens (including phenoxy) is 1. The van der Waals surface area contributed by atoms with E-state index in [9.17, 15) is 4.79 Å². The molecule has 0 radical (unpaired) electrons. The van der Waals surface area contributed by atoms with E-state index in [-0.39, 0.29) is 5.97 Å². The summed E-state index contributed by atoms with van der Waals surface area (Å²) in [6, 6.07) is 0.659. The summed E-state index contributed by atoms with van der Waals surface area (Å²) in [5, 5.41) is 0. The number of piperidine rings is 1. The molecule has 0 N–H and O–H groups in total. The zero-order valence-electron chi connectivity index (χ0n) is 10.6. The summed E-state index contributed by atoms with van der Waals surface area (Å²) in [7, 11) is 1.41. The molecule has 0 aromatic rings. The lowest BCUT2D eigenvalue weighted by Gasteiger charge is -2.34. The number of likely N-dealkylation sites (tertiary alicyclic amines) is 1. The molecule has 1 heterocycles. The molecule has 1 saturated heterocycles. The number of allylic oxidation sites excluding steroid dienone is 1. The van der Waals surface area contributed by atoms with Gasteiger partial charge in [-0.1, -0.05) is 6.08 Å². The van der Waals surface area contributed by atoms with Crippen molar-refractivity contribution in [2.24, 2.45) is 5.92 Å². The predicted octanol–water partition coefficient (Wildman–Crippen LogP) is 2.23. The Morgan fingerprint density at radius 3 is 2.56 bits per heavy atom. The zero-order chi connectivity index (χ0) is 12.0. The van der Waals surface area contributed by atoms with Crippen LogP contribution in [0, 0.1) is 5.92 Å². The SMILES string of the molecule is COC(=O)/C=C\CC1CCN(C(C)C)CC1. The fourth-order valence-corrected chi connectivity index (χ4v) is 2.13. The van der Waals surface area contributed by atoms with Crippen molar-refractivity contribution in [3.8, 4) is 0 Å². The third-order valence-electron chi connectivity index (χ3n) is 3.30. The summed E-state index contributed by atoms with van der Waals surface area (Å²) in [4.78, 5) is 13.4. The third kappa shape index (κ3) is 4.35. The molecule has 1 rings (SSSR count). The van der Waals surface area contributed by atoms with E-state index in [4.69, 9.17) is 0 Å². The molecule has 0 aliphatic carbocycles. The van der Waals surface area contributed by atoms with Gasteiger partial charge in [0, 0.05) is 12.1 Å². The van der Waals surface area contributed by atoms with Gasteiger partial charge >= 0.3 is 5.97 Å². The molecular weight excluding hydrogens is 202 g/mol. The Morgan fingerprint density at radius 1 is 1.44 bits per heavy atom. The highest BCUT2D eigenvalue weighted by Gasteiger charge is 2.19. The van der Waals surface area contributed by atoms with Gasteiger partial charge in [-0.05, 0) is 52.1 Å². The van der Waals surface area contributed by atoms with Crippen LogP contribution in [0.2, 0.25) is 0 Å². The first-order valence-electron chi connectivity index (χ1n) is 6.12. The van der Waals surface area contributed by atoms with Crippen molar-refractivity contribution >= 4 is 5.97 Å². The molecule has 0 unspecified atom stereocenters. The van der Waals surface area contributed by atoms with Gasteiger partial charge in [-0.3, -0.25) is 0 Å². The van der Waals surface area contributed by atoms with Crippen molar-refractivity contribution < 1.29 is 9.53 Å². The molecule has 1 aliphatic rings. The van der Waals surface area contributed by atoms with E-state index >= 15 is 0 Å². The van der Waals surface area contributed by atoms with E-state index in [1.54, 1.807) is 0 Å². The first kappa shape index (κ1) is 13.2. The Morgan fingerprint density at radius 2 is 2.06 bits per heavy atom. The molecule has 16 heavy (non-hydrogen) atoms. The second-order valence-corrected chi connectivity index (χ2v) is 4.73. The van der Waals surface area contributed by atoms with Crippen LogP contribution in [0.25, 0.3) is 0 Å². The number of carbonyl (C=O) groups is 1. The van der Waals surface area contributed by atoms with Crippen molar-refractivity contribution in [1.29, 1.82) is 0 Å². The van der Waals surface area contributed by atoms with E-state index in [1.165, 1.54) is 39.1 Å². The van der Waals surface area contributed by atoms with Gasteiger partial charge in [0.15, 0.2) is 0 Å². The maximum atomic E-state index is 10.9. The molecule has 0 bridgehead atoms. The molecule has 92 valence electrons. The smallest absolute Gasteiger partial charge is 0.330 e. The lowest BCUT2D eigenvalue weighted by Crippen LogP contribution is -2.38. The van der Waals surface area contributed by atoms with Gasteiger partial charge in [0.2, 0.25) is 0 Å². The minimum Gasteiger partial charge on any atom is -0.466 e. The highest BCUT2D eigenvalue weighted by Crippen LogP contribution is 2.21. The lowest BCUT2D eigenvalue weighted by molar-refractivity contribution is -0.134. The van der Waals surface area contributed by atoms with E-state index in [0.29, 0.717) is 6.04 Å². The summed E-state index contributed by atoms with van der Waals surface area (Å²) < 4.78 is 4.55. The van der Waals surface area contributed by atoms with Crippen LogP contribution in [0.3, 0.4) is 0 Å². The van der Waals surface area contributed by atoms with Crippen LogP contribution in [-0.2, 0) is 9.53 Å². The fraction of sp³-hybridized carbons (Fsp3) is 0.769. The number of nitrogens with zero attached hydrogens (tertiary/aromatic N) is 1. The summed E-state index contributed by atoms with van der Waals surface area (Å²) in [6.07, 6.45) is 6.96. The Labute approximate surface area is 98.5 Å². The average molecular weight is 225 g/mol. The van der Waals surface area contributed by atoms with Crippen LogP contribution in [0.15, 0.2) is 12.2 Å². The quantitative estimate of drug-likeness (QED) is 0.543. The van der Waals surface area contributed by atoms with Gasteiger partial charge in [-0.2, -0.15) is 0 Å². The standard InChI is InChI=1S/C13H23NO2/c1-11(2)14-9-7-12(8-10-14)5-4-6-13(15)16-3/h4,6,11-12H,5,7-10H2,1-3H3/b6-4-. The summed E-state index contributed by atoms with van der Waals surface area (Å²) in [5.41, 5.74) is 0. The first-order valence-corrected chi connectivity index (χ1v) is 6.12. The number of carbonyl (C=O) groups excluding carboxylic acids is 1. The lowest BCUT2D eigenvalue weighted by atomic mass is 9.93. The molecular formula is C13H23NO2. The van der Waals surface area contributed by atoms with Crippen LogP contribution in [-0.4, -0.2) is 37.1 Å². The Hall–Kier alpha value is -0.830. The van der Waals surface area contributed by atoms with Gasteiger partial charge in [-0.25, -0.2) is 4.79 Å². The van der Waals surface area contributed by atoms with E-state index < -0.39 is 0 Å². The predicted molar refractivity (Wildman–Crippen MR) is 65.2 cm³/mol. The molecule has 3 nitrogen and oxygen atoms in total. The maximum Gasteiger partial charge on any atom is 0.330 e. The Balaban J connectivity index is 2.22. The molecule has 0 saturated carbocycles. The molecule has 0 spiro atoms. The third-order valence-corrected chi connectivity index (χ3v) is 3.30. The summed E-state index contributed by atoms with van der Waals surface area (Å²) in [6.45, 7) is 6.87. The number of hydrogen-bond acceptors (Lipinski definition) is 3. The van der Waals surface area contributed by atoms with Crippen LogP contribution in [0.5, 0.6) is 0 Å². The number of esters is 1. The molecule has 0 aromatic carbocycles. The van der Waals surface area contributed by atoms with Crippen molar-refractivity contribution in [2.45, 2.75) is 39.2 Å². The minimum atomic E-state index is -0.250. The van der Waals surface area contributed by atoms with Crippen molar-refractivity contribution in [1.82, 2.24) is 4.90 Å². The highest BCUT2D eigenvalue weighted by molar-refractivity contribution is 5.81.